The van der Waals surface area contributed by atoms with Gasteiger partial charge >= 0.3 is 0 Å². The van der Waals surface area contributed by atoms with E-state index in [2.05, 4.69) is 223 Å². The van der Waals surface area contributed by atoms with E-state index in [9.17, 15) is 0 Å². The molecule has 13 heterocycles. The van der Waals surface area contributed by atoms with E-state index in [0.717, 1.165) is 173 Å². The monoisotopic (exact) mass is 2030 g/mol. The summed E-state index contributed by atoms with van der Waals surface area (Å²) in [5.41, 5.74) is 14.5. The smallest absolute Gasteiger partial charge is 0.232 e. The summed E-state index contributed by atoms with van der Waals surface area (Å²) in [4.78, 5) is 60.6. The molecule has 16 aromatic carbocycles. The highest BCUT2D eigenvalue weighted by Crippen LogP contribution is 2.48. The Morgan fingerprint density at radius 2 is 0.570 bits per heavy atom. The molecule has 0 saturated heterocycles. The Morgan fingerprint density at radius 3 is 1.08 bits per heavy atom. The van der Waals surface area contributed by atoms with Gasteiger partial charge < -0.3 is 8.83 Å². The van der Waals surface area contributed by atoms with Crippen molar-refractivity contribution in [3.05, 3.63) is 426 Å². The summed E-state index contributed by atoms with van der Waals surface area (Å²) in [5.74, 6) is 0. The minimum Gasteiger partial charge on any atom is -0.437 e. The third-order valence-electron chi connectivity index (χ3n) is 24.3. The number of thiophene rings is 4. The second-order valence-electron chi connectivity index (χ2n) is 32.7. The van der Waals surface area contributed by atoms with Crippen LogP contribution in [0.1, 0.15) is 6.85 Å². The molecular weight excluding hydrogens is 1960 g/mol. The van der Waals surface area contributed by atoms with Crippen LogP contribution in [0.3, 0.4) is 0 Å². The fraction of sp³-hybridized carbons (Fsp3) is 0. The maximum absolute atomic E-state index is 8.21. The summed E-state index contributed by atoms with van der Waals surface area (Å²) < 4.78 is 56.8. The molecule has 0 spiro atoms. The van der Waals surface area contributed by atoms with Crippen LogP contribution in [-0.4, -0.2) is 64.8 Å². The summed E-state index contributed by atoms with van der Waals surface area (Å²) >= 11 is 43.3. The number of hydrogen-bond acceptors (Lipinski definition) is 19. The second kappa shape index (κ2) is 38.5. The molecule has 0 amide bonds. The molecule has 0 N–H and O–H groups in total. The third-order valence-corrected chi connectivity index (χ3v) is 29.5. The number of rotatable bonds is 7. The summed E-state index contributed by atoms with van der Waals surface area (Å²) in [5, 5.41) is 22.4. The highest BCUT2D eigenvalue weighted by molar-refractivity contribution is 7.26. The van der Waals surface area contributed by atoms with Crippen molar-refractivity contribution in [2.45, 2.75) is 0 Å². The van der Waals surface area contributed by atoms with E-state index in [0.29, 0.717) is 26.9 Å². The van der Waals surface area contributed by atoms with Gasteiger partial charge in [-0.1, -0.05) is 327 Å². The fourth-order valence-corrected chi connectivity index (χ4v) is 23.7. The highest BCUT2D eigenvalue weighted by atomic mass is 35.5. The molecule has 29 rings (SSSR count). The average molecular weight is 2030 g/mol. The van der Waals surface area contributed by atoms with E-state index in [1.807, 2.05) is 194 Å². The van der Waals surface area contributed by atoms with Crippen LogP contribution in [0.25, 0.3) is 247 Å². The Bertz CT molecular complexity index is 10100. The highest BCUT2D eigenvalue weighted by Gasteiger charge is 2.26. The van der Waals surface area contributed by atoms with Crippen molar-refractivity contribution in [3.8, 4) is 78.7 Å². The van der Waals surface area contributed by atoms with Gasteiger partial charge in [-0.05, 0) is 173 Å². The zero-order chi connectivity index (χ0) is 99.8. The Labute approximate surface area is 861 Å². The van der Waals surface area contributed by atoms with Crippen molar-refractivity contribution in [1.29, 1.82) is 0 Å². The lowest BCUT2D eigenvalue weighted by atomic mass is 9.96. The average Bonchev–Trinajstić information content (AvgIpc) is 1.58. The van der Waals surface area contributed by atoms with Crippen LogP contribution in [0, 0.1) is 0 Å². The molecule has 0 aliphatic carbocycles. The lowest BCUT2D eigenvalue weighted by molar-refractivity contribution is 0.653. The Morgan fingerprint density at radius 1 is 0.218 bits per heavy atom. The SMILES string of the molecule is Clc1nc(-c2ccc3ccccc3c2)c2c(n1)oc1ccc3ccccc3c12.Clc1nc(-c2cccc(-c3ccccc3)c2)c2c(n1)sc1ccccc12.Clc1nc(-c2ccccc2)c2c(n1)oc1c3ccccc3c3ccccc3c12.Clc1nc(-c2ccccc2)c2c(n1)sc1ccccc12.Clc1nc(-c2cccnc2)c2c(n1)sc1ccccc12.[2H]c1c([2H])c([2H])c(-c2nc(Cl)nc3sc4ccccc4c23)c([2H])c1[2H]. The molecule has 142 heavy (non-hydrogen) atoms. The number of aromatic nitrogens is 13. The first-order valence-electron chi connectivity index (χ1n) is 47.0. The summed E-state index contributed by atoms with van der Waals surface area (Å²) in [6, 6.07) is 117. The lowest BCUT2D eigenvalue weighted by Crippen LogP contribution is -1.90. The largest absolute Gasteiger partial charge is 0.437 e. The summed E-state index contributed by atoms with van der Waals surface area (Å²) in [6.45, 7) is 0. The molecule has 0 unspecified atom stereocenters. The van der Waals surface area contributed by atoms with Crippen molar-refractivity contribution in [3.63, 3.8) is 0 Å². The Kier molecular flexibility index (Phi) is 22.6. The van der Waals surface area contributed by atoms with Crippen LogP contribution in [0.5, 0.6) is 0 Å². The van der Waals surface area contributed by atoms with Gasteiger partial charge in [-0.25, -0.2) is 49.8 Å². The van der Waals surface area contributed by atoms with Gasteiger partial charge in [0.15, 0.2) is 0 Å². The first-order chi connectivity index (χ1) is 71.9. The van der Waals surface area contributed by atoms with Crippen LogP contribution in [0.15, 0.2) is 403 Å². The first kappa shape index (κ1) is 83.4. The van der Waals surface area contributed by atoms with Gasteiger partial charge in [0, 0.05) is 124 Å². The van der Waals surface area contributed by atoms with Crippen molar-refractivity contribution >= 4 is 283 Å². The van der Waals surface area contributed by atoms with Crippen LogP contribution in [-0.2, 0) is 0 Å². The van der Waals surface area contributed by atoms with Crippen LogP contribution in [0.4, 0.5) is 0 Å². The fourth-order valence-electron chi connectivity index (χ4n) is 18.2. The van der Waals surface area contributed by atoms with E-state index >= 15 is 0 Å². The zero-order valence-corrected chi connectivity index (χ0v) is 81.5. The second-order valence-corrected chi connectivity index (χ2v) is 38.8. The van der Waals surface area contributed by atoms with E-state index in [-0.39, 0.29) is 49.8 Å². The predicted molar refractivity (Wildman–Crippen MR) is 594 cm³/mol. The number of fused-ring (bicyclic) bond motifs is 26. The number of halogens is 6. The topological polar surface area (TPSA) is 194 Å². The maximum Gasteiger partial charge on any atom is 0.232 e. The standard InChI is InChI=1S/2C24H13ClN2O.C22H13ClN2S.2C16H9ClN2S.C15H8ClN3S/c25-24-26-22(17-10-9-14-5-1-2-7-16(14)13-17)21-20-18-8-4-3-6-15(18)11-12-19(20)28-23(21)27-24;25-24-26-21(14-8-2-1-3-9-14)20-19-17-12-6-4-10-15(17)16-11-5-7-13-18(16)22(19)28-23(20)27-24;23-22-24-20(19-17-11-4-5-12-18(17)26-21(19)25-22)16-10-6-9-15(13-16)14-7-2-1-3-8-14;2*17-16-18-14(10-6-2-1-3-7-10)13-11-8-4-5-9-12(11)20-15(13)19-16;16-15-18-13(9-4-3-7-17-8-9)12-10-5-1-2-6-11(10)20-14(12)19-15/h2*1-13H;1-13H;2*1-9H;1-8H/i;;;1D,2D,3D,6D,7D;;. The molecule has 0 aliphatic heterocycles. The van der Waals surface area contributed by atoms with Crippen molar-refractivity contribution in [1.82, 2.24) is 64.8 Å². The van der Waals surface area contributed by atoms with E-state index in [4.69, 9.17) is 85.3 Å². The van der Waals surface area contributed by atoms with E-state index in [1.54, 1.807) is 46.4 Å². The van der Waals surface area contributed by atoms with Crippen LogP contribution >= 0.6 is 115 Å². The molecule has 0 bridgehead atoms. The molecule has 29 aromatic rings. The van der Waals surface area contributed by atoms with Gasteiger partial charge in [0.05, 0.1) is 51.8 Å². The van der Waals surface area contributed by atoms with Crippen molar-refractivity contribution in [2.75, 3.05) is 0 Å². The minimum absolute atomic E-state index is 0.0270. The maximum atomic E-state index is 8.21. The first-order valence-corrected chi connectivity index (χ1v) is 50.1. The molecule has 0 saturated carbocycles. The number of hydrogen-bond donors (Lipinski definition) is 0. The molecule has 13 aromatic heterocycles. The van der Waals surface area contributed by atoms with Gasteiger partial charge in [-0.3, -0.25) is 4.98 Å². The summed E-state index contributed by atoms with van der Waals surface area (Å²) in [6.07, 6.45) is 3.54. The molecular formula is C117H65Cl6N13O2S4. The van der Waals surface area contributed by atoms with Gasteiger partial charge in [-0.15, -0.1) is 45.3 Å². The van der Waals surface area contributed by atoms with E-state index in [1.165, 1.54) is 52.5 Å². The Balaban J connectivity index is 0.0000000948. The zero-order valence-electron chi connectivity index (χ0n) is 78.7. The number of pyridine rings is 1. The molecule has 0 aliphatic rings. The molecule has 25 heteroatoms. The minimum atomic E-state index is -0.440. The van der Waals surface area contributed by atoms with Gasteiger partial charge in [0.25, 0.3) is 0 Å². The Hall–Kier alpha value is -15.6. The van der Waals surface area contributed by atoms with Crippen molar-refractivity contribution < 1.29 is 15.7 Å². The number of furan rings is 2. The van der Waals surface area contributed by atoms with E-state index < -0.39 is 18.1 Å². The van der Waals surface area contributed by atoms with Crippen LogP contribution in [0.2, 0.25) is 31.7 Å². The van der Waals surface area contributed by atoms with Crippen molar-refractivity contribution in [2.24, 2.45) is 0 Å². The lowest BCUT2D eigenvalue weighted by Gasteiger charge is -2.07. The molecule has 0 radical (unpaired) electrons. The molecule has 676 valence electrons. The third kappa shape index (κ3) is 17.1. The molecule has 15 nitrogen and oxygen atoms in total. The quantitative estimate of drug-likeness (QED) is 0.108. The van der Waals surface area contributed by atoms with Gasteiger partial charge in [0.2, 0.25) is 43.1 Å². The summed E-state index contributed by atoms with van der Waals surface area (Å²) in [7, 11) is 0. The van der Waals surface area contributed by atoms with Gasteiger partial charge in [-0.2, -0.15) is 9.97 Å². The molecule has 0 atom stereocenters. The predicted octanol–water partition coefficient (Wildman–Crippen LogP) is 35.7. The van der Waals surface area contributed by atoms with Crippen LogP contribution < -0.4 is 0 Å². The number of benzene rings is 16. The van der Waals surface area contributed by atoms with Gasteiger partial charge in [0.1, 0.15) is 30.5 Å². The number of nitrogens with zero attached hydrogens (tertiary/aromatic N) is 13. The molecule has 0 fully saturated rings. The normalized spacial score (nSPS) is 11.9.